The lowest BCUT2D eigenvalue weighted by molar-refractivity contribution is -0.138. The number of carbonyl (C=O) groups excluding carboxylic acids is 2. The van der Waals surface area contributed by atoms with Gasteiger partial charge in [-0.2, -0.15) is 0 Å². The fraction of sp³-hybridized carbons (Fsp3) is 0.364. The van der Waals surface area contributed by atoms with Gasteiger partial charge in [-0.15, -0.1) is 0 Å². The fourth-order valence-corrected chi connectivity index (χ4v) is 5.88. The SMILES string of the molecule is C=CC1=C(C)C(CC2=N/C(=C\c3[nH]c(/C=C4\NC(=O)C(C)\C4=C/C)c(C)c3CCC(=O)O)C(CCC(=O)O)=C2C)NC1=O. The molecule has 43 heavy (non-hydrogen) atoms. The maximum absolute atomic E-state index is 12.4. The summed E-state index contributed by atoms with van der Waals surface area (Å²) in [6, 6.07) is -0.254. The molecular formula is C33H38N4O6. The van der Waals surface area contributed by atoms with E-state index in [0.29, 0.717) is 29.1 Å². The van der Waals surface area contributed by atoms with Crippen LogP contribution in [0.5, 0.6) is 0 Å². The summed E-state index contributed by atoms with van der Waals surface area (Å²) in [4.78, 5) is 56.0. The Labute approximate surface area is 250 Å². The molecule has 2 unspecified atom stereocenters. The summed E-state index contributed by atoms with van der Waals surface area (Å²) in [5.74, 6) is -2.39. The van der Waals surface area contributed by atoms with Gasteiger partial charge in [-0.25, -0.2) is 0 Å². The van der Waals surface area contributed by atoms with Gasteiger partial charge >= 0.3 is 11.9 Å². The van der Waals surface area contributed by atoms with Crippen LogP contribution in [0.2, 0.25) is 0 Å². The number of nitrogens with one attached hydrogen (secondary N) is 3. The van der Waals surface area contributed by atoms with Crippen LogP contribution in [0.3, 0.4) is 0 Å². The van der Waals surface area contributed by atoms with E-state index < -0.39 is 11.9 Å². The third-order valence-corrected chi connectivity index (χ3v) is 8.49. The average Bonchev–Trinajstić information content (AvgIpc) is 3.59. The second kappa shape index (κ2) is 12.6. The van der Waals surface area contributed by atoms with Crippen LogP contribution in [0, 0.1) is 12.8 Å². The minimum Gasteiger partial charge on any atom is -0.481 e. The number of allylic oxidation sites excluding steroid dienone is 4. The number of aliphatic carboxylic acids is 2. The number of H-pyrrole nitrogens is 1. The van der Waals surface area contributed by atoms with Gasteiger partial charge in [-0.05, 0) is 93.0 Å². The summed E-state index contributed by atoms with van der Waals surface area (Å²) in [5, 5.41) is 24.8. The molecule has 0 bridgehead atoms. The monoisotopic (exact) mass is 586 g/mol. The molecular weight excluding hydrogens is 548 g/mol. The van der Waals surface area contributed by atoms with Crippen molar-refractivity contribution in [2.45, 2.75) is 72.8 Å². The smallest absolute Gasteiger partial charge is 0.303 e. The number of nitrogens with zero attached hydrogens (tertiary/aromatic N) is 1. The number of hydrogen-bond donors (Lipinski definition) is 5. The lowest BCUT2D eigenvalue weighted by Gasteiger charge is -2.13. The maximum atomic E-state index is 12.4. The van der Waals surface area contributed by atoms with Gasteiger partial charge in [0.15, 0.2) is 0 Å². The summed E-state index contributed by atoms with van der Waals surface area (Å²) >= 11 is 0. The number of carboxylic acids is 2. The van der Waals surface area contributed by atoms with Crippen molar-refractivity contribution in [3.63, 3.8) is 0 Å². The molecule has 1 saturated heterocycles. The fourth-order valence-electron chi connectivity index (χ4n) is 5.88. The molecule has 1 fully saturated rings. The van der Waals surface area contributed by atoms with E-state index in [4.69, 9.17) is 4.99 Å². The van der Waals surface area contributed by atoms with Gasteiger partial charge < -0.3 is 25.8 Å². The molecule has 5 N–H and O–H groups in total. The summed E-state index contributed by atoms with van der Waals surface area (Å²) in [6.45, 7) is 13.2. The van der Waals surface area contributed by atoms with E-state index in [-0.39, 0.29) is 49.5 Å². The molecule has 3 aliphatic rings. The first-order valence-electron chi connectivity index (χ1n) is 14.3. The standard InChI is InChI=1S/C33H38N4O6/c1-7-20-19(6)32(42)37-27(20)14-25-18(5)23(10-12-31(40)41)29(35-25)15-28-22(9-11-30(38)39)17(4)24(34-28)13-26-16(3)21(8-2)33(43)36-26/h7-8,14-15,19,26,35H,2,9-13H2,1,3-6H3,(H,36,43)(H,37,42)(H,38,39)(H,40,41)/b20-7+,27-14-,28-15-. The number of rotatable bonds is 11. The highest BCUT2D eigenvalue weighted by atomic mass is 16.4. The zero-order valence-electron chi connectivity index (χ0n) is 25.2. The van der Waals surface area contributed by atoms with Gasteiger partial charge in [0.2, 0.25) is 5.91 Å². The maximum Gasteiger partial charge on any atom is 0.303 e. The molecule has 0 aliphatic carbocycles. The normalized spacial score (nSPS) is 23.1. The topological polar surface area (TPSA) is 161 Å². The molecule has 2 amide bonds. The van der Waals surface area contributed by atoms with Crippen LogP contribution >= 0.6 is 0 Å². The predicted molar refractivity (Wildman–Crippen MR) is 165 cm³/mol. The van der Waals surface area contributed by atoms with Crippen molar-refractivity contribution in [2.24, 2.45) is 10.9 Å². The Balaban J connectivity index is 1.79. The Morgan fingerprint density at radius 1 is 1.02 bits per heavy atom. The van der Waals surface area contributed by atoms with Gasteiger partial charge in [0, 0.05) is 47.6 Å². The number of carboxylic acid groups (broad SMARTS) is 2. The second-order valence-corrected chi connectivity index (χ2v) is 11.1. The number of carbonyl (C=O) groups is 4. The Morgan fingerprint density at radius 3 is 2.30 bits per heavy atom. The van der Waals surface area contributed by atoms with Crippen LogP contribution in [0.15, 0.2) is 63.0 Å². The van der Waals surface area contributed by atoms with Crippen molar-refractivity contribution in [1.29, 1.82) is 0 Å². The molecule has 10 heteroatoms. The van der Waals surface area contributed by atoms with Crippen LogP contribution in [0.25, 0.3) is 12.2 Å². The van der Waals surface area contributed by atoms with Gasteiger partial charge in [0.1, 0.15) is 0 Å². The Kier molecular flexibility index (Phi) is 9.18. The highest BCUT2D eigenvalue weighted by Crippen LogP contribution is 2.35. The third kappa shape index (κ3) is 6.38. The lowest BCUT2D eigenvalue weighted by Crippen LogP contribution is -2.30. The first kappa shape index (κ1) is 31.2. The van der Waals surface area contributed by atoms with Crippen LogP contribution in [0.1, 0.15) is 75.9 Å². The predicted octanol–water partition coefficient (Wildman–Crippen LogP) is 4.76. The number of hydrogen-bond acceptors (Lipinski definition) is 5. The van der Waals surface area contributed by atoms with E-state index in [1.165, 1.54) is 0 Å². The number of amides is 2. The van der Waals surface area contributed by atoms with E-state index in [2.05, 4.69) is 22.2 Å². The molecule has 1 aromatic rings. The Hall–Kier alpha value is -4.73. The van der Waals surface area contributed by atoms with Crippen LogP contribution in [0.4, 0.5) is 0 Å². The summed E-state index contributed by atoms with van der Waals surface area (Å²) in [6.07, 6.45) is 7.97. The van der Waals surface area contributed by atoms with E-state index in [1.807, 2.05) is 52.8 Å². The van der Waals surface area contributed by atoms with Crippen LogP contribution in [-0.2, 0) is 25.6 Å². The molecule has 0 saturated carbocycles. The largest absolute Gasteiger partial charge is 0.481 e. The van der Waals surface area contributed by atoms with Gasteiger partial charge in [0.05, 0.1) is 17.7 Å². The highest BCUT2D eigenvalue weighted by Gasteiger charge is 2.32. The molecule has 2 atom stereocenters. The van der Waals surface area contributed by atoms with Crippen molar-refractivity contribution >= 4 is 41.6 Å². The van der Waals surface area contributed by atoms with Gasteiger partial charge in [-0.1, -0.05) is 18.7 Å². The van der Waals surface area contributed by atoms with E-state index in [1.54, 1.807) is 6.08 Å². The molecule has 0 aromatic carbocycles. The van der Waals surface area contributed by atoms with Crippen molar-refractivity contribution in [1.82, 2.24) is 15.6 Å². The molecule has 226 valence electrons. The molecule has 0 spiro atoms. The number of aliphatic imine (C=N–C) groups is 1. The van der Waals surface area contributed by atoms with Crippen molar-refractivity contribution in [3.8, 4) is 0 Å². The van der Waals surface area contributed by atoms with Crippen LogP contribution < -0.4 is 10.6 Å². The van der Waals surface area contributed by atoms with Gasteiger partial charge in [-0.3, -0.25) is 24.2 Å². The average molecular weight is 587 g/mol. The van der Waals surface area contributed by atoms with Crippen molar-refractivity contribution in [3.05, 3.63) is 80.5 Å². The Bertz CT molecular complexity index is 1610. The van der Waals surface area contributed by atoms with Crippen molar-refractivity contribution < 1.29 is 29.4 Å². The summed E-state index contributed by atoms with van der Waals surface area (Å²) in [5.41, 5.74) is 9.05. The van der Waals surface area contributed by atoms with Gasteiger partial charge in [0.25, 0.3) is 5.91 Å². The Morgan fingerprint density at radius 2 is 1.70 bits per heavy atom. The third-order valence-electron chi connectivity index (χ3n) is 8.49. The molecule has 4 heterocycles. The zero-order valence-corrected chi connectivity index (χ0v) is 25.2. The van der Waals surface area contributed by atoms with E-state index >= 15 is 0 Å². The molecule has 1 aromatic heterocycles. The first-order valence-corrected chi connectivity index (χ1v) is 14.3. The molecule has 4 rings (SSSR count). The number of aromatic nitrogens is 1. The molecule has 3 aliphatic heterocycles. The number of aromatic amines is 1. The minimum absolute atomic E-state index is 0.0767. The van der Waals surface area contributed by atoms with Crippen LogP contribution in [-0.4, -0.2) is 50.7 Å². The molecule has 10 nitrogen and oxygen atoms in total. The summed E-state index contributed by atoms with van der Waals surface area (Å²) in [7, 11) is 0. The second-order valence-electron chi connectivity index (χ2n) is 11.1. The molecule has 0 radical (unpaired) electrons. The summed E-state index contributed by atoms with van der Waals surface area (Å²) < 4.78 is 0. The van der Waals surface area contributed by atoms with E-state index in [0.717, 1.165) is 44.8 Å². The lowest BCUT2D eigenvalue weighted by atomic mass is 9.95. The highest BCUT2D eigenvalue weighted by molar-refractivity contribution is 6.07. The van der Waals surface area contributed by atoms with E-state index in [9.17, 15) is 29.4 Å². The minimum atomic E-state index is -0.926. The van der Waals surface area contributed by atoms with Crippen molar-refractivity contribution in [2.75, 3.05) is 0 Å². The first-order chi connectivity index (χ1) is 20.4. The zero-order chi connectivity index (χ0) is 31.6. The quantitative estimate of drug-likeness (QED) is 0.251.